The number of rotatable bonds is 9. The van der Waals surface area contributed by atoms with Crippen LogP contribution in [0.2, 0.25) is 0 Å². The number of carbonyl (C=O) groups excluding carboxylic acids is 2. The van der Waals surface area contributed by atoms with Crippen LogP contribution in [0, 0.1) is 0 Å². The largest absolute Gasteiger partial charge is 0.456 e. The van der Waals surface area contributed by atoms with Crippen LogP contribution >= 0.6 is 11.3 Å². The minimum atomic E-state index is -0.610. The number of fused-ring (bicyclic) bond motifs is 1. The highest BCUT2D eigenvalue weighted by atomic mass is 32.1. The fourth-order valence-corrected chi connectivity index (χ4v) is 7.34. The van der Waals surface area contributed by atoms with E-state index in [9.17, 15) is 9.59 Å². The smallest absolute Gasteiger partial charge is 0.341 e. The van der Waals surface area contributed by atoms with E-state index in [0.29, 0.717) is 17.1 Å². The second-order valence-corrected chi connectivity index (χ2v) is 15.0. The third kappa shape index (κ3) is 8.42. The first-order valence-corrected chi connectivity index (χ1v) is 16.8. The molecule has 2 aromatic heterocycles. The van der Waals surface area contributed by atoms with E-state index in [0.717, 1.165) is 75.7 Å². The zero-order chi connectivity index (χ0) is 31.4. The standard InChI is InChI=1S/C35H52N4O3S/c1-9-10-15-25-23-39(34(3,4)5)21-18-26(25)28(24(2)38-19-13-14-20-38)22-36-33(41)37-31-30(32(40)42-35(6,7)8)27-16-11-12-17-29(27)43-31/h13-14,19-20H,9-12,15-18,21-23H2,1-8H3,(H2,36,37,41)/b28-24+. The third-order valence-corrected chi connectivity index (χ3v) is 9.65. The number of unbranched alkanes of at least 4 members (excludes halogenated alkanes) is 1. The average molecular weight is 609 g/mol. The van der Waals surface area contributed by atoms with Gasteiger partial charge in [0.15, 0.2) is 0 Å². The molecular formula is C35H52N4O3S. The molecule has 1 aliphatic carbocycles. The zero-order valence-corrected chi connectivity index (χ0v) is 28.4. The Balaban J connectivity index is 1.62. The molecule has 0 saturated carbocycles. The number of nitrogens with one attached hydrogen (secondary N) is 2. The summed E-state index contributed by atoms with van der Waals surface area (Å²) >= 11 is 1.52. The molecule has 8 heteroatoms. The molecule has 3 heterocycles. The van der Waals surface area contributed by atoms with Crippen LogP contribution in [0.15, 0.2) is 41.2 Å². The lowest BCUT2D eigenvalue weighted by Crippen LogP contribution is -2.45. The van der Waals surface area contributed by atoms with Crippen molar-refractivity contribution in [3.05, 3.63) is 57.2 Å². The molecule has 2 aromatic rings. The Hall–Kier alpha value is -2.84. The van der Waals surface area contributed by atoms with Gasteiger partial charge in [0, 0.05) is 48.1 Å². The summed E-state index contributed by atoms with van der Waals surface area (Å²) in [5, 5.41) is 6.81. The van der Waals surface area contributed by atoms with Gasteiger partial charge in [-0.25, -0.2) is 9.59 Å². The fourth-order valence-electron chi connectivity index (χ4n) is 6.07. The van der Waals surface area contributed by atoms with E-state index in [1.807, 2.05) is 32.9 Å². The quantitative estimate of drug-likeness (QED) is 0.280. The van der Waals surface area contributed by atoms with Crippen LogP contribution in [0.25, 0.3) is 5.70 Å². The summed E-state index contributed by atoms with van der Waals surface area (Å²) in [5.74, 6) is -0.359. The summed E-state index contributed by atoms with van der Waals surface area (Å²) in [5.41, 5.74) is 6.22. The lowest BCUT2D eigenvalue weighted by atomic mass is 9.87. The number of hydrogen-bond donors (Lipinski definition) is 2. The van der Waals surface area contributed by atoms with E-state index in [4.69, 9.17) is 4.74 Å². The number of thiophene rings is 1. The maximum absolute atomic E-state index is 13.5. The van der Waals surface area contributed by atoms with Crippen molar-refractivity contribution in [2.24, 2.45) is 0 Å². The Bertz CT molecular complexity index is 1350. The number of esters is 1. The van der Waals surface area contributed by atoms with Crippen LogP contribution < -0.4 is 10.6 Å². The van der Waals surface area contributed by atoms with Crippen molar-refractivity contribution in [3.63, 3.8) is 0 Å². The number of aromatic nitrogens is 1. The van der Waals surface area contributed by atoms with Crippen LogP contribution in [-0.4, -0.2) is 52.2 Å². The van der Waals surface area contributed by atoms with Crippen LogP contribution in [0.3, 0.4) is 0 Å². The Labute approximate surface area is 262 Å². The molecule has 236 valence electrons. The normalized spacial score (nSPS) is 16.9. The lowest BCUT2D eigenvalue weighted by Gasteiger charge is -2.41. The van der Waals surface area contributed by atoms with Crippen LogP contribution in [0.1, 0.15) is 115 Å². The maximum Gasteiger partial charge on any atom is 0.341 e. The molecule has 0 fully saturated rings. The number of nitrogens with zero attached hydrogens (tertiary/aromatic N) is 2. The lowest BCUT2D eigenvalue weighted by molar-refractivity contribution is 0.00698. The van der Waals surface area contributed by atoms with E-state index in [1.165, 1.54) is 32.9 Å². The molecule has 0 unspecified atom stereocenters. The van der Waals surface area contributed by atoms with Gasteiger partial charge in [-0.05, 0) is 122 Å². The number of hydrogen-bond acceptors (Lipinski definition) is 5. The molecule has 4 rings (SSSR count). The second kappa shape index (κ2) is 13.9. The first-order valence-electron chi connectivity index (χ1n) is 16.0. The molecule has 0 spiro atoms. The zero-order valence-electron chi connectivity index (χ0n) is 27.6. The Kier molecular flexibility index (Phi) is 10.7. The van der Waals surface area contributed by atoms with Gasteiger partial charge in [0.2, 0.25) is 0 Å². The molecule has 0 aromatic carbocycles. The predicted molar refractivity (Wildman–Crippen MR) is 179 cm³/mol. The van der Waals surface area contributed by atoms with E-state index in [-0.39, 0.29) is 17.5 Å². The Morgan fingerprint density at radius 1 is 1.02 bits per heavy atom. The second-order valence-electron chi connectivity index (χ2n) is 13.9. The summed E-state index contributed by atoms with van der Waals surface area (Å²) in [6.45, 7) is 19.2. The number of aryl methyl sites for hydroxylation is 1. The molecule has 0 atom stereocenters. The van der Waals surface area contributed by atoms with Gasteiger partial charge in [0.25, 0.3) is 0 Å². The van der Waals surface area contributed by atoms with Crippen LogP contribution in [0.4, 0.5) is 9.80 Å². The fraction of sp³-hybridized carbons (Fsp3) is 0.600. The van der Waals surface area contributed by atoms with Crippen molar-refractivity contribution < 1.29 is 14.3 Å². The number of ether oxygens (including phenoxy) is 1. The van der Waals surface area contributed by atoms with Crippen molar-refractivity contribution in [2.45, 2.75) is 118 Å². The van der Waals surface area contributed by atoms with E-state index >= 15 is 0 Å². The average Bonchev–Trinajstić information content (AvgIpc) is 3.59. The molecule has 2 N–H and O–H groups in total. The van der Waals surface area contributed by atoms with Crippen molar-refractivity contribution >= 4 is 34.0 Å². The van der Waals surface area contributed by atoms with Gasteiger partial charge in [-0.15, -0.1) is 11.3 Å². The maximum atomic E-state index is 13.5. The molecule has 0 radical (unpaired) electrons. The molecular weight excluding hydrogens is 556 g/mol. The first kappa shape index (κ1) is 33.1. The topological polar surface area (TPSA) is 75.6 Å². The highest BCUT2D eigenvalue weighted by Crippen LogP contribution is 2.39. The van der Waals surface area contributed by atoms with Crippen LogP contribution in [0.5, 0.6) is 0 Å². The number of amides is 2. The Morgan fingerprint density at radius 3 is 2.37 bits per heavy atom. The number of allylic oxidation sites excluding steroid dienone is 1. The molecule has 2 aliphatic rings. The monoisotopic (exact) mass is 608 g/mol. The molecule has 7 nitrogen and oxygen atoms in total. The number of anilines is 1. The van der Waals surface area contributed by atoms with E-state index in [2.05, 4.69) is 67.1 Å². The SMILES string of the molecule is CCCCC1=C(/C(CNC(=O)Nc2sc3c(c2C(=O)OC(C)(C)C)CCCC3)=C(\C)n2cccc2)CCN(C(C)(C)C)C1. The highest BCUT2D eigenvalue weighted by Gasteiger charge is 2.31. The van der Waals surface area contributed by atoms with Gasteiger partial charge in [-0.3, -0.25) is 10.2 Å². The van der Waals surface area contributed by atoms with E-state index < -0.39 is 5.60 Å². The number of carbonyl (C=O) groups is 2. The summed E-state index contributed by atoms with van der Waals surface area (Å²) < 4.78 is 7.92. The summed E-state index contributed by atoms with van der Waals surface area (Å²) in [6.07, 6.45) is 12.4. The van der Waals surface area contributed by atoms with Gasteiger partial charge in [-0.2, -0.15) is 0 Å². The minimum absolute atomic E-state index is 0.103. The molecule has 2 amide bonds. The molecule has 1 aliphatic heterocycles. The molecule has 43 heavy (non-hydrogen) atoms. The van der Waals surface area contributed by atoms with Gasteiger partial charge in [-0.1, -0.05) is 18.9 Å². The predicted octanol–water partition coefficient (Wildman–Crippen LogP) is 8.43. The summed E-state index contributed by atoms with van der Waals surface area (Å²) in [7, 11) is 0. The van der Waals surface area contributed by atoms with Crippen molar-refractivity contribution in [1.82, 2.24) is 14.8 Å². The minimum Gasteiger partial charge on any atom is -0.456 e. The van der Waals surface area contributed by atoms with Crippen molar-refractivity contribution in [3.8, 4) is 0 Å². The molecule has 0 bridgehead atoms. The highest BCUT2D eigenvalue weighted by molar-refractivity contribution is 7.17. The van der Waals surface area contributed by atoms with Gasteiger partial charge < -0.3 is 14.6 Å². The summed E-state index contributed by atoms with van der Waals surface area (Å²) in [4.78, 5) is 30.6. The van der Waals surface area contributed by atoms with Crippen molar-refractivity contribution in [1.29, 1.82) is 0 Å². The first-order chi connectivity index (χ1) is 20.3. The van der Waals surface area contributed by atoms with Gasteiger partial charge in [0.1, 0.15) is 10.6 Å². The summed E-state index contributed by atoms with van der Waals surface area (Å²) in [6, 6.07) is 3.77. The van der Waals surface area contributed by atoms with Gasteiger partial charge >= 0.3 is 12.0 Å². The third-order valence-electron chi connectivity index (χ3n) is 8.44. The van der Waals surface area contributed by atoms with E-state index in [1.54, 1.807) is 0 Å². The number of urea groups is 1. The van der Waals surface area contributed by atoms with Crippen LogP contribution in [-0.2, 0) is 17.6 Å². The van der Waals surface area contributed by atoms with Gasteiger partial charge in [0.05, 0.1) is 5.56 Å². The molecule has 0 saturated heterocycles. The Morgan fingerprint density at radius 2 is 1.72 bits per heavy atom. The van der Waals surface area contributed by atoms with Crippen molar-refractivity contribution in [2.75, 3.05) is 25.0 Å².